The molecule has 1 amide bonds. The Morgan fingerprint density at radius 3 is 2.64 bits per heavy atom. The summed E-state index contributed by atoms with van der Waals surface area (Å²) in [5.74, 6) is 1.47. The van der Waals surface area contributed by atoms with E-state index in [4.69, 9.17) is 9.47 Å². The predicted molar refractivity (Wildman–Crippen MR) is 92.3 cm³/mol. The Morgan fingerprint density at radius 1 is 0.920 bits per heavy atom. The van der Waals surface area contributed by atoms with Gasteiger partial charge in [0.1, 0.15) is 17.8 Å². The van der Waals surface area contributed by atoms with Crippen LogP contribution in [-0.4, -0.2) is 22.7 Å². The second-order valence-corrected chi connectivity index (χ2v) is 5.30. The van der Waals surface area contributed by atoms with Gasteiger partial charge in [0.05, 0.1) is 0 Å². The highest BCUT2D eigenvalue weighted by atomic mass is 16.7. The van der Waals surface area contributed by atoms with E-state index in [1.807, 2.05) is 30.3 Å². The summed E-state index contributed by atoms with van der Waals surface area (Å²) in [5.41, 5.74) is 1.74. The van der Waals surface area contributed by atoms with Gasteiger partial charge in [-0.1, -0.05) is 18.2 Å². The van der Waals surface area contributed by atoms with E-state index in [1.165, 1.54) is 6.33 Å². The zero-order chi connectivity index (χ0) is 17.1. The normalized spacial score (nSPS) is 11.8. The largest absolute Gasteiger partial charge is 0.454 e. The Bertz CT molecular complexity index is 915. The first-order valence-corrected chi connectivity index (χ1v) is 7.63. The van der Waals surface area contributed by atoms with E-state index in [0.29, 0.717) is 23.0 Å². The minimum absolute atomic E-state index is 0.188. The van der Waals surface area contributed by atoms with Crippen molar-refractivity contribution in [3.8, 4) is 11.5 Å². The summed E-state index contributed by atoms with van der Waals surface area (Å²) in [6.07, 6.45) is 1.35. The molecule has 1 aliphatic heterocycles. The second-order valence-electron chi connectivity index (χ2n) is 5.30. The molecule has 25 heavy (non-hydrogen) atoms. The van der Waals surface area contributed by atoms with Gasteiger partial charge in [-0.05, 0) is 24.3 Å². The first-order chi connectivity index (χ1) is 12.3. The summed E-state index contributed by atoms with van der Waals surface area (Å²) in [5, 5.41) is 5.92. The smallest absolute Gasteiger partial charge is 0.274 e. The van der Waals surface area contributed by atoms with Gasteiger partial charge in [0.15, 0.2) is 11.5 Å². The fourth-order valence-electron chi connectivity index (χ4n) is 2.39. The van der Waals surface area contributed by atoms with Gasteiger partial charge in [-0.25, -0.2) is 9.97 Å². The molecule has 2 heterocycles. The Hall–Kier alpha value is -3.61. The van der Waals surface area contributed by atoms with Crippen LogP contribution in [0.4, 0.5) is 17.2 Å². The number of nitrogens with zero attached hydrogens (tertiary/aromatic N) is 2. The maximum absolute atomic E-state index is 12.4. The number of hydrogen-bond acceptors (Lipinski definition) is 6. The van der Waals surface area contributed by atoms with Crippen molar-refractivity contribution in [3.63, 3.8) is 0 Å². The van der Waals surface area contributed by atoms with Crippen LogP contribution < -0.4 is 20.1 Å². The molecule has 7 nitrogen and oxygen atoms in total. The Labute approximate surface area is 143 Å². The number of ether oxygens (including phenoxy) is 2. The summed E-state index contributed by atoms with van der Waals surface area (Å²) < 4.78 is 10.6. The van der Waals surface area contributed by atoms with Gasteiger partial charge in [-0.3, -0.25) is 4.79 Å². The van der Waals surface area contributed by atoms with Gasteiger partial charge in [0.2, 0.25) is 6.79 Å². The second kappa shape index (κ2) is 6.48. The summed E-state index contributed by atoms with van der Waals surface area (Å²) in [7, 11) is 0. The molecule has 0 atom stereocenters. The molecule has 0 aliphatic carbocycles. The number of carbonyl (C=O) groups is 1. The average molecular weight is 334 g/mol. The maximum atomic E-state index is 12.4. The number of amides is 1. The molecule has 2 N–H and O–H groups in total. The number of aromatic nitrogens is 2. The molecule has 0 spiro atoms. The molecule has 0 fully saturated rings. The van der Waals surface area contributed by atoms with Crippen molar-refractivity contribution in [1.82, 2.24) is 9.97 Å². The first kappa shape index (κ1) is 14.9. The molecule has 1 aromatic heterocycles. The van der Waals surface area contributed by atoms with E-state index < -0.39 is 0 Å². The fraction of sp³-hybridized carbons (Fsp3) is 0.0556. The van der Waals surface area contributed by atoms with E-state index in [1.54, 1.807) is 24.3 Å². The van der Waals surface area contributed by atoms with Crippen LogP contribution in [0, 0.1) is 0 Å². The molecule has 0 saturated carbocycles. The van der Waals surface area contributed by atoms with E-state index in [2.05, 4.69) is 20.6 Å². The average Bonchev–Trinajstić information content (AvgIpc) is 3.10. The van der Waals surface area contributed by atoms with Gasteiger partial charge in [0.25, 0.3) is 5.91 Å². The number of nitrogens with one attached hydrogen (secondary N) is 2. The molecule has 0 bridgehead atoms. The lowest BCUT2D eigenvalue weighted by molar-refractivity contribution is 0.102. The van der Waals surface area contributed by atoms with Crippen molar-refractivity contribution in [3.05, 3.63) is 66.6 Å². The van der Waals surface area contributed by atoms with Gasteiger partial charge in [-0.2, -0.15) is 0 Å². The number of benzene rings is 2. The highest BCUT2D eigenvalue weighted by Gasteiger charge is 2.15. The molecule has 3 aromatic rings. The molecule has 0 unspecified atom stereocenters. The highest BCUT2D eigenvalue weighted by molar-refractivity contribution is 6.03. The number of fused-ring (bicyclic) bond motifs is 1. The van der Waals surface area contributed by atoms with Crippen LogP contribution in [0.5, 0.6) is 11.5 Å². The van der Waals surface area contributed by atoms with Gasteiger partial charge < -0.3 is 20.1 Å². The van der Waals surface area contributed by atoms with Crippen LogP contribution >= 0.6 is 0 Å². The monoisotopic (exact) mass is 334 g/mol. The number of anilines is 3. The van der Waals surface area contributed by atoms with Crippen LogP contribution in [0.2, 0.25) is 0 Å². The summed E-state index contributed by atoms with van der Waals surface area (Å²) in [4.78, 5) is 20.6. The lowest BCUT2D eigenvalue weighted by atomic mass is 10.2. The van der Waals surface area contributed by atoms with Crippen molar-refractivity contribution < 1.29 is 14.3 Å². The third kappa shape index (κ3) is 3.35. The zero-order valence-electron chi connectivity index (χ0n) is 13.1. The SMILES string of the molecule is O=C(Nc1ccc2c(c1)OCO2)c1cc(Nc2ccccc2)ncn1. The fourth-order valence-corrected chi connectivity index (χ4v) is 2.39. The maximum Gasteiger partial charge on any atom is 0.274 e. The lowest BCUT2D eigenvalue weighted by Gasteiger charge is -2.08. The van der Waals surface area contributed by atoms with Crippen molar-refractivity contribution in [2.45, 2.75) is 0 Å². The molecular formula is C18H14N4O3. The van der Waals surface area contributed by atoms with Gasteiger partial charge in [-0.15, -0.1) is 0 Å². The van der Waals surface area contributed by atoms with E-state index in [-0.39, 0.29) is 18.4 Å². The Morgan fingerprint density at radius 2 is 1.76 bits per heavy atom. The van der Waals surface area contributed by atoms with E-state index in [9.17, 15) is 4.79 Å². The number of hydrogen-bond donors (Lipinski definition) is 2. The third-order valence-corrected chi connectivity index (χ3v) is 3.58. The third-order valence-electron chi connectivity index (χ3n) is 3.58. The molecular weight excluding hydrogens is 320 g/mol. The minimum atomic E-state index is -0.336. The Balaban J connectivity index is 1.49. The van der Waals surface area contributed by atoms with E-state index >= 15 is 0 Å². The molecule has 124 valence electrons. The van der Waals surface area contributed by atoms with Crippen molar-refractivity contribution in [2.75, 3.05) is 17.4 Å². The van der Waals surface area contributed by atoms with Gasteiger partial charge >= 0.3 is 0 Å². The molecule has 7 heteroatoms. The van der Waals surface area contributed by atoms with Crippen molar-refractivity contribution >= 4 is 23.1 Å². The van der Waals surface area contributed by atoms with Gasteiger partial charge in [0, 0.05) is 23.5 Å². The topological polar surface area (TPSA) is 85.4 Å². The van der Waals surface area contributed by atoms with Crippen LogP contribution in [0.15, 0.2) is 60.9 Å². The predicted octanol–water partition coefficient (Wildman–Crippen LogP) is 3.20. The summed E-state index contributed by atoms with van der Waals surface area (Å²) >= 11 is 0. The Kier molecular flexibility index (Phi) is 3.88. The van der Waals surface area contributed by atoms with Crippen LogP contribution in [-0.2, 0) is 0 Å². The minimum Gasteiger partial charge on any atom is -0.454 e. The van der Waals surface area contributed by atoms with Crippen molar-refractivity contribution in [1.29, 1.82) is 0 Å². The van der Waals surface area contributed by atoms with Crippen molar-refractivity contribution in [2.24, 2.45) is 0 Å². The number of rotatable bonds is 4. The molecule has 0 saturated heterocycles. The molecule has 1 aliphatic rings. The summed E-state index contributed by atoms with van der Waals surface area (Å²) in [6, 6.07) is 16.4. The van der Waals surface area contributed by atoms with Crippen LogP contribution in [0.25, 0.3) is 0 Å². The van der Waals surface area contributed by atoms with Crippen LogP contribution in [0.3, 0.4) is 0 Å². The standard InChI is InChI=1S/C18H14N4O3/c23-18(22-13-6-7-15-16(8-13)25-11-24-15)14-9-17(20-10-19-14)21-12-4-2-1-3-5-12/h1-10H,11H2,(H,22,23)(H,19,20,21). The molecule has 2 aromatic carbocycles. The molecule has 0 radical (unpaired) electrons. The zero-order valence-corrected chi connectivity index (χ0v) is 13.1. The quantitative estimate of drug-likeness (QED) is 0.762. The number of para-hydroxylation sites is 1. The van der Waals surface area contributed by atoms with E-state index in [0.717, 1.165) is 5.69 Å². The highest BCUT2D eigenvalue weighted by Crippen LogP contribution is 2.34. The lowest BCUT2D eigenvalue weighted by Crippen LogP contribution is -2.14. The van der Waals surface area contributed by atoms with Crippen LogP contribution in [0.1, 0.15) is 10.5 Å². The molecule has 4 rings (SSSR count). The summed E-state index contributed by atoms with van der Waals surface area (Å²) in [6.45, 7) is 0.188. The number of carbonyl (C=O) groups excluding carboxylic acids is 1. The first-order valence-electron chi connectivity index (χ1n) is 7.63.